The summed E-state index contributed by atoms with van der Waals surface area (Å²) in [6.45, 7) is 1.91. The highest BCUT2D eigenvalue weighted by Gasteiger charge is 2.16. The molecule has 0 aliphatic carbocycles. The monoisotopic (exact) mass is 429 g/mol. The number of nitrogens with one attached hydrogen (secondary N) is 2. The molecule has 2 N–H and O–H groups in total. The highest BCUT2D eigenvalue weighted by atomic mass is 79.9. The fourth-order valence-electron chi connectivity index (χ4n) is 2.69. The molecule has 2 aromatic carbocycles. The fourth-order valence-corrected chi connectivity index (χ4v) is 2.95. The number of aromatic amines is 1. The Bertz CT molecular complexity index is 938. The summed E-state index contributed by atoms with van der Waals surface area (Å²) in [6.07, 6.45) is 0. The summed E-state index contributed by atoms with van der Waals surface area (Å²) in [7, 11) is 3.17. The number of H-pyrrole nitrogens is 1. The van der Waals surface area contributed by atoms with Crippen LogP contribution in [0.4, 0.5) is 0 Å². The Hall–Kier alpha value is -2.80. The normalized spacial score (nSPS) is 11.7. The van der Waals surface area contributed by atoms with Gasteiger partial charge < -0.3 is 14.8 Å². The summed E-state index contributed by atoms with van der Waals surface area (Å²) < 4.78 is 11.6. The van der Waals surface area contributed by atoms with Gasteiger partial charge in [-0.1, -0.05) is 34.1 Å². The summed E-state index contributed by atoms with van der Waals surface area (Å²) in [5.41, 5.74) is 2.96. The molecule has 27 heavy (non-hydrogen) atoms. The van der Waals surface area contributed by atoms with Crippen LogP contribution >= 0.6 is 15.9 Å². The van der Waals surface area contributed by atoms with Crippen molar-refractivity contribution < 1.29 is 14.3 Å². The van der Waals surface area contributed by atoms with Gasteiger partial charge in [0, 0.05) is 10.0 Å². The van der Waals surface area contributed by atoms with Gasteiger partial charge in [0.15, 0.2) is 11.5 Å². The third kappa shape index (κ3) is 4.31. The lowest BCUT2D eigenvalue weighted by Gasteiger charge is -2.16. The predicted octanol–water partition coefficient (Wildman–Crippen LogP) is 4.35. The lowest BCUT2D eigenvalue weighted by atomic mass is 10.1. The summed E-state index contributed by atoms with van der Waals surface area (Å²) in [4.78, 5) is 12.6. The maximum absolute atomic E-state index is 12.6. The summed E-state index contributed by atoms with van der Waals surface area (Å²) >= 11 is 3.41. The van der Waals surface area contributed by atoms with Crippen molar-refractivity contribution in [3.8, 4) is 22.8 Å². The van der Waals surface area contributed by atoms with E-state index in [1.807, 2.05) is 49.4 Å². The smallest absolute Gasteiger partial charge is 0.269 e. The molecule has 140 valence electrons. The molecule has 0 radical (unpaired) electrons. The molecule has 0 spiro atoms. The van der Waals surface area contributed by atoms with Crippen molar-refractivity contribution in [2.45, 2.75) is 13.0 Å². The number of halogens is 1. The molecule has 3 rings (SSSR count). The fraction of sp³-hybridized carbons (Fsp3) is 0.200. The molecule has 0 bridgehead atoms. The largest absolute Gasteiger partial charge is 0.493 e. The Kier molecular flexibility index (Phi) is 5.81. The minimum absolute atomic E-state index is 0.211. The van der Waals surface area contributed by atoms with Crippen LogP contribution in [0.15, 0.2) is 53.0 Å². The number of methoxy groups -OCH3 is 2. The molecular formula is C20H20BrN3O3. The number of hydrogen-bond acceptors (Lipinski definition) is 4. The molecular weight excluding hydrogens is 410 g/mol. The topological polar surface area (TPSA) is 76.2 Å². The average molecular weight is 430 g/mol. The van der Waals surface area contributed by atoms with Crippen molar-refractivity contribution in [1.82, 2.24) is 15.5 Å². The lowest BCUT2D eigenvalue weighted by Crippen LogP contribution is -2.27. The number of carbonyl (C=O) groups excluding carboxylic acids is 1. The SMILES string of the molecule is COc1ccc([C@H](C)NC(=O)c2cc(-c3ccc(Br)cc3)n[nH]2)cc1OC. The van der Waals surface area contributed by atoms with Crippen LogP contribution in [0.3, 0.4) is 0 Å². The van der Waals surface area contributed by atoms with Crippen molar-refractivity contribution in [2.24, 2.45) is 0 Å². The van der Waals surface area contributed by atoms with Crippen molar-refractivity contribution >= 4 is 21.8 Å². The molecule has 0 saturated carbocycles. The zero-order chi connectivity index (χ0) is 19.4. The summed E-state index contributed by atoms with van der Waals surface area (Å²) in [5, 5.41) is 9.99. The first-order chi connectivity index (χ1) is 13.0. The second-order valence-corrected chi connectivity index (χ2v) is 6.90. The van der Waals surface area contributed by atoms with E-state index < -0.39 is 0 Å². The molecule has 1 aromatic heterocycles. The highest BCUT2D eigenvalue weighted by Crippen LogP contribution is 2.30. The maximum atomic E-state index is 12.6. The van der Waals surface area contributed by atoms with Crippen LogP contribution in [0.5, 0.6) is 11.5 Å². The summed E-state index contributed by atoms with van der Waals surface area (Å²) in [5.74, 6) is 1.04. The maximum Gasteiger partial charge on any atom is 0.269 e. The van der Waals surface area contributed by atoms with E-state index in [4.69, 9.17) is 9.47 Å². The molecule has 1 amide bonds. The minimum Gasteiger partial charge on any atom is -0.493 e. The van der Waals surface area contributed by atoms with Gasteiger partial charge in [-0.3, -0.25) is 9.89 Å². The second kappa shape index (κ2) is 8.26. The number of aromatic nitrogens is 2. The number of ether oxygens (including phenoxy) is 2. The Morgan fingerprint density at radius 1 is 1.07 bits per heavy atom. The van der Waals surface area contributed by atoms with Gasteiger partial charge in [-0.25, -0.2) is 0 Å². The molecule has 7 heteroatoms. The number of rotatable bonds is 6. The third-order valence-corrected chi connectivity index (χ3v) is 4.75. The quantitative estimate of drug-likeness (QED) is 0.610. The molecule has 6 nitrogen and oxygen atoms in total. The molecule has 0 fully saturated rings. The van der Waals surface area contributed by atoms with E-state index in [9.17, 15) is 4.79 Å². The van der Waals surface area contributed by atoms with Crippen molar-refractivity contribution in [3.63, 3.8) is 0 Å². The molecule has 0 aliphatic heterocycles. The van der Waals surface area contributed by atoms with E-state index in [1.54, 1.807) is 20.3 Å². The van der Waals surface area contributed by atoms with Crippen LogP contribution < -0.4 is 14.8 Å². The Morgan fingerprint density at radius 3 is 2.44 bits per heavy atom. The molecule has 0 unspecified atom stereocenters. The summed E-state index contributed by atoms with van der Waals surface area (Å²) in [6, 6.07) is 14.8. The van der Waals surface area contributed by atoms with Gasteiger partial charge in [0.05, 0.1) is 26.0 Å². The first-order valence-electron chi connectivity index (χ1n) is 8.36. The van der Waals surface area contributed by atoms with Crippen LogP contribution in [0.1, 0.15) is 29.0 Å². The molecule has 0 saturated heterocycles. The van der Waals surface area contributed by atoms with E-state index >= 15 is 0 Å². The Morgan fingerprint density at radius 2 is 1.78 bits per heavy atom. The van der Waals surface area contributed by atoms with Crippen LogP contribution in [-0.2, 0) is 0 Å². The van der Waals surface area contributed by atoms with E-state index in [1.165, 1.54) is 0 Å². The zero-order valence-corrected chi connectivity index (χ0v) is 16.8. The number of benzene rings is 2. The van der Waals surface area contributed by atoms with Crippen molar-refractivity contribution in [2.75, 3.05) is 14.2 Å². The van der Waals surface area contributed by atoms with Gasteiger partial charge in [0.2, 0.25) is 0 Å². The van der Waals surface area contributed by atoms with Gasteiger partial charge in [0.1, 0.15) is 5.69 Å². The third-order valence-electron chi connectivity index (χ3n) is 4.22. The Labute approximate surface area is 166 Å². The zero-order valence-electron chi connectivity index (χ0n) is 15.2. The van der Waals surface area contributed by atoms with Crippen LogP contribution in [0.2, 0.25) is 0 Å². The van der Waals surface area contributed by atoms with Gasteiger partial charge in [-0.15, -0.1) is 0 Å². The van der Waals surface area contributed by atoms with Gasteiger partial charge in [-0.2, -0.15) is 5.10 Å². The standard InChI is InChI=1S/C20H20BrN3O3/c1-12(14-6-9-18(26-2)19(10-14)27-3)22-20(25)17-11-16(23-24-17)13-4-7-15(21)8-5-13/h4-12H,1-3H3,(H,22,25)(H,23,24)/t12-/m0/s1. The van der Waals surface area contributed by atoms with E-state index in [0.29, 0.717) is 22.9 Å². The van der Waals surface area contributed by atoms with Gasteiger partial charge >= 0.3 is 0 Å². The Balaban J connectivity index is 1.73. The number of amides is 1. The van der Waals surface area contributed by atoms with E-state index in [-0.39, 0.29) is 11.9 Å². The number of carbonyl (C=O) groups is 1. The first kappa shape index (κ1) is 19.0. The van der Waals surface area contributed by atoms with Crippen molar-refractivity contribution in [1.29, 1.82) is 0 Å². The molecule has 3 aromatic rings. The molecule has 1 atom stereocenters. The highest BCUT2D eigenvalue weighted by molar-refractivity contribution is 9.10. The first-order valence-corrected chi connectivity index (χ1v) is 9.15. The second-order valence-electron chi connectivity index (χ2n) is 5.98. The van der Waals surface area contributed by atoms with E-state index in [2.05, 4.69) is 31.4 Å². The van der Waals surface area contributed by atoms with Gasteiger partial charge in [-0.05, 0) is 42.8 Å². The molecule has 0 aliphatic rings. The minimum atomic E-state index is -0.229. The lowest BCUT2D eigenvalue weighted by molar-refractivity contribution is 0.0934. The van der Waals surface area contributed by atoms with Crippen LogP contribution in [-0.4, -0.2) is 30.3 Å². The van der Waals surface area contributed by atoms with E-state index in [0.717, 1.165) is 15.6 Å². The van der Waals surface area contributed by atoms with Crippen LogP contribution in [0, 0.1) is 0 Å². The van der Waals surface area contributed by atoms with Crippen LogP contribution in [0.25, 0.3) is 11.3 Å². The van der Waals surface area contributed by atoms with Crippen molar-refractivity contribution in [3.05, 3.63) is 64.3 Å². The molecule has 1 heterocycles. The number of nitrogens with zero attached hydrogens (tertiary/aromatic N) is 1. The number of hydrogen-bond donors (Lipinski definition) is 2. The average Bonchev–Trinajstić information content (AvgIpc) is 3.18. The van der Waals surface area contributed by atoms with Gasteiger partial charge in [0.25, 0.3) is 5.91 Å². The predicted molar refractivity (Wildman–Crippen MR) is 107 cm³/mol.